The van der Waals surface area contributed by atoms with E-state index in [-0.39, 0.29) is 30.6 Å². The smallest absolute Gasteiger partial charge is 0.255 e. The molecule has 7 heteroatoms. The van der Waals surface area contributed by atoms with Crippen LogP contribution in [0.3, 0.4) is 0 Å². The van der Waals surface area contributed by atoms with Gasteiger partial charge in [0, 0.05) is 13.1 Å². The van der Waals surface area contributed by atoms with Crippen molar-refractivity contribution in [3.63, 3.8) is 0 Å². The number of aliphatic imine (C=N–C) groups is 1. The first-order valence-corrected chi connectivity index (χ1v) is 9.03. The molecule has 0 saturated carbocycles. The average molecular weight is 476 g/mol. The number of carbonyl (C=O) groups excluding carboxylic acids is 1. The maximum absolute atomic E-state index is 10.8. The lowest BCUT2D eigenvalue weighted by molar-refractivity contribution is -0.119. The fourth-order valence-corrected chi connectivity index (χ4v) is 2.28. The monoisotopic (exact) mass is 476 g/mol. The second-order valence-electron chi connectivity index (χ2n) is 6.41. The minimum absolute atomic E-state index is 0. The fourth-order valence-electron chi connectivity index (χ4n) is 2.28. The van der Waals surface area contributed by atoms with Crippen molar-refractivity contribution >= 4 is 35.8 Å². The predicted molar refractivity (Wildman–Crippen MR) is 118 cm³/mol. The number of unbranched alkanes of at least 4 members (excludes halogenated alkanes) is 1. The molecule has 26 heavy (non-hydrogen) atoms. The number of nitrogens with one attached hydrogen (secondary N) is 2. The highest BCUT2D eigenvalue weighted by atomic mass is 127. The van der Waals surface area contributed by atoms with E-state index in [0.29, 0.717) is 12.3 Å². The first kappa shape index (κ1) is 24.5. The third-order valence-corrected chi connectivity index (χ3v) is 3.54. The molecule has 4 N–H and O–H groups in total. The molecular formula is C19H33IN4O2. The highest BCUT2D eigenvalue weighted by molar-refractivity contribution is 14.0. The lowest BCUT2D eigenvalue weighted by Gasteiger charge is -2.12. The number of benzene rings is 1. The van der Waals surface area contributed by atoms with E-state index >= 15 is 0 Å². The van der Waals surface area contributed by atoms with Crippen molar-refractivity contribution < 1.29 is 9.53 Å². The molecule has 1 amide bonds. The van der Waals surface area contributed by atoms with Gasteiger partial charge in [-0.05, 0) is 37.0 Å². The minimum atomic E-state index is -0.487. The maximum Gasteiger partial charge on any atom is 0.255 e. The Kier molecular flexibility index (Phi) is 13.8. The second kappa shape index (κ2) is 14.6. The Morgan fingerprint density at radius 1 is 1.27 bits per heavy atom. The summed E-state index contributed by atoms with van der Waals surface area (Å²) in [6, 6.07) is 7.53. The van der Waals surface area contributed by atoms with E-state index in [1.165, 1.54) is 12.8 Å². The molecule has 0 unspecified atom stereocenters. The molecule has 1 aromatic carbocycles. The van der Waals surface area contributed by atoms with Crippen LogP contribution in [0.5, 0.6) is 5.75 Å². The predicted octanol–water partition coefficient (Wildman–Crippen LogP) is 3.05. The average Bonchev–Trinajstić information content (AvgIpc) is 2.57. The number of nitrogens with two attached hydrogens (primary N) is 1. The summed E-state index contributed by atoms with van der Waals surface area (Å²) in [7, 11) is 0. The summed E-state index contributed by atoms with van der Waals surface area (Å²) in [6.07, 6.45) is 3.62. The number of guanidine groups is 1. The van der Waals surface area contributed by atoms with Crippen LogP contribution in [0, 0.1) is 5.92 Å². The number of ether oxygens (including phenoxy) is 1. The van der Waals surface area contributed by atoms with Crippen molar-refractivity contribution in [3.8, 4) is 5.75 Å². The van der Waals surface area contributed by atoms with Crippen molar-refractivity contribution in [2.24, 2.45) is 16.6 Å². The highest BCUT2D eigenvalue weighted by Crippen LogP contribution is 2.14. The van der Waals surface area contributed by atoms with Crippen molar-refractivity contribution in [1.29, 1.82) is 0 Å². The van der Waals surface area contributed by atoms with Gasteiger partial charge in [-0.1, -0.05) is 38.8 Å². The summed E-state index contributed by atoms with van der Waals surface area (Å²) in [5.41, 5.74) is 6.11. The zero-order chi connectivity index (χ0) is 18.5. The van der Waals surface area contributed by atoms with Gasteiger partial charge in [0.15, 0.2) is 12.6 Å². The van der Waals surface area contributed by atoms with Crippen molar-refractivity contribution in [2.45, 2.75) is 46.6 Å². The van der Waals surface area contributed by atoms with Crippen LogP contribution in [0.25, 0.3) is 0 Å². The Morgan fingerprint density at radius 2 is 2.04 bits per heavy atom. The standard InChI is InChI=1S/C19H32N4O2.HI/c1-4-21-19(22-11-6-5-8-15(2)3)23-13-16-9-7-10-17(12-16)25-14-18(20)24;/h7,9-10,12,15H,4-6,8,11,13-14H2,1-3H3,(H2,20,24)(H2,21,22,23);1H. The van der Waals surface area contributed by atoms with Crippen LogP contribution in [-0.2, 0) is 11.3 Å². The molecule has 1 aromatic rings. The van der Waals surface area contributed by atoms with E-state index in [9.17, 15) is 4.79 Å². The molecule has 6 nitrogen and oxygen atoms in total. The summed E-state index contributed by atoms with van der Waals surface area (Å²) in [6.45, 7) is 8.71. The van der Waals surface area contributed by atoms with Crippen LogP contribution >= 0.6 is 24.0 Å². The lowest BCUT2D eigenvalue weighted by Crippen LogP contribution is -2.37. The van der Waals surface area contributed by atoms with Gasteiger partial charge in [-0.25, -0.2) is 4.99 Å². The summed E-state index contributed by atoms with van der Waals surface area (Å²) >= 11 is 0. The van der Waals surface area contributed by atoms with Gasteiger partial charge in [-0.3, -0.25) is 4.79 Å². The first-order valence-electron chi connectivity index (χ1n) is 9.03. The molecule has 0 aliphatic rings. The van der Waals surface area contributed by atoms with Gasteiger partial charge in [0.05, 0.1) is 6.54 Å². The molecular weight excluding hydrogens is 443 g/mol. The molecule has 0 aliphatic heterocycles. The second-order valence-corrected chi connectivity index (χ2v) is 6.41. The maximum atomic E-state index is 10.8. The van der Waals surface area contributed by atoms with Gasteiger partial charge < -0.3 is 21.1 Å². The molecule has 0 fully saturated rings. The van der Waals surface area contributed by atoms with E-state index in [1.54, 1.807) is 6.07 Å². The largest absolute Gasteiger partial charge is 0.484 e. The van der Waals surface area contributed by atoms with Crippen LogP contribution in [0.2, 0.25) is 0 Å². The van der Waals surface area contributed by atoms with E-state index in [4.69, 9.17) is 10.5 Å². The zero-order valence-corrected chi connectivity index (χ0v) is 18.4. The highest BCUT2D eigenvalue weighted by Gasteiger charge is 2.01. The number of carbonyl (C=O) groups is 1. The lowest BCUT2D eigenvalue weighted by atomic mass is 10.1. The number of nitrogens with zero attached hydrogens (tertiary/aromatic N) is 1. The molecule has 0 heterocycles. The molecule has 0 spiro atoms. The quantitative estimate of drug-likeness (QED) is 0.198. The Labute approximate surface area is 174 Å². The van der Waals surface area contributed by atoms with Gasteiger partial charge in [0.25, 0.3) is 5.91 Å². The van der Waals surface area contributed by atoms with Gasteiger partial charge in [0.1, 0.15) is 5.75 Å². The van der Waals surface area contributed by atoms with Crippen LogP contribution < -0.4 is 21.1 Å². The summed E-state index contributed by atoms with van der Waals surface area (Å²) in [5.74, 6) is 1.71. The number of primary amides is 1. The van der Waals surface area contributed by atoms with E-state index in [2.05, 4.69) is 29.5 Å². The van der Waals surface area contributed by atoms with E-state index < -0.39 is 5.91 Å². The molecule has 0 atom stereocenters. The first-order chi connectivity index (χ1) is 12.0. The van der Waals surface area contributed by atoms with Crippen molar-refractivity contribution in [3.05, 3.63) is 29.8 Å². The minimum Gasteiger partial charge on any atom is -0.484 e. The van der Waals surface area contributed by atoms with Crippen LogP contribution in [0.4, 0.5) is 0 Å². The Morgan fingerprint density at radius 3 is 2.69 bits per heavy atom. The fraction of sp³-hybridized carbons (Fsp3) is 0.579. The number of amides is 1. The third kappa shape index (κ3) is 11.9. The van der Waals surface area contributed by atoms with Crippen molar-refractivity contribution in [1.82, 2.24) is 10.6 Å². The number of hydrogen-bond donors (Lipinski definition) is 3. The molecule has 0 bridgehead atoms. The molecule has 0 saturated heterocycles. The zero-order valence-electron chi connectivity index (χ0n) is 16.1. The van der Waals surface area contributed by atoms with E-state index in [1.807, 2.05) is 25.1 Å². The van der Waals surface area contributed by atoms with Gasteiger partial charge in [-0.2, -0.15) is 0 Å². The third-order valence-electron chi connectivity index (χ3n) is 3.54. The number of halogens is 1. The van der Waals surface area contributed by atoms with Crippen molar-refractivity contribution in [2.75, 3.05) is 19.7 Å². The summed E-state index contributed by atoms with van der Waals surface area (Å²) in [5, 5.41) is 6.62. The van der Waals surface area contributed by atoms with Gasteiger partial charge >= 0.3 is 0 Å². The van der Waals surface area contributed by atoms with Gasteiger partial charge in [0.2, 0.25) is 0 Å². The number of hydrogen-bond acceptors (Lipinski definition) is 3. The Bertz CT molecular complexity index is 550. The SMILES string of the molecule is CCNC(=NCc1cccc(OCC(N)=O)c1)NCCCCC(C)C.I. The van der Waals surface area contributed by atoms with Crippen LogP contribution in [0.1, 0.15) is 45.6 Å². The van der Waals surface area contributed by atoms with Gasteiger partial charge in [-0.15, -0.1) is 24.0 Å². The van der Waals surface area contributed by atoms with E-state index in [0.717, 1.165) is 37.0 Å². The molecule has 148 valence electrons. The molecule has 0 aromatic heterocycles. The normalized spacial score (nSPS) is 11.0. The Balaban J connectivity index is 0.00000625. The Hall–Kier alpha value is -1.51. The van der Waals surface area contributed by atoms with Crippen LogP contribution in [0.15, 0.2) is 29.3 Å². The molecule has 1 rings (SSSR count). The summed E-state index contributed by atoms with van der Waals surface area (Å²) in [4.78, 5) is 15.4. The van der Waals surface area contributed by atoms with Crippen LogP contribution in [-0.4, -0.2) is 31.6 Å². The molecule has 0 aliphatic carbocycles. The summed E-state index contributed by atoms with van der Waals surface area (Å²) < 4.78 is 5.32. The molecule has 0 radical (unpaired) electrons. The number of rotatable bonds is 11. The topological polar surface area (TPSA) is 88.7 Å².